The van der Waals surface area contributed by atoms with Gasteiger partial charge in [0.15, 0.2) is 0 Å². The Morgan fingerprint density at radius 2 is 1.76 bits per heavy atom. The Labute approximate surface area is 275 Å². The number of anilines is 2. The van der Waals surface area contributed by atoms with Crippen molar-refractivity contribution in [3.05, 3.63) is 47.3 Å². The number of alkyl carbamates (subject to hydrolysis) is 1. The molecule has 6 N–H and O–H groups in total. The van der Waals surface area contributed by atoms with Gasteiger partial charge in [-0.25, -0.2) is 24.1 Å². The number of hydrogen-bond acceptors (Lipinski definition) is 12. The van der Waals surface area contributed by atoms with Crippen molar-refractivity contribution in [2.45, 2.75) is 70.1 Å². The van der Waals surface area contributed by atoms with Crippen LogP contribution in [0.5, 0.6) is 0 Å². The van der Waals surface area contributed by atoms with Crippen molar-refractivity contribution in [1.29, 1.82) is 0 Å². The molecule has 0 saturated heterocycles. The molecule has 1 amide bonds. The van der Waals surface area contributed by atoms with Crippen molar-refractivity contribution in [2.24, 2.45) is 0 Å². The predicted octanol–water partition coefficient (Wildman–Crippen LogP) is 2.43. The van der Waals surface area contributed by atoms with E-state index >= 15 is 0 Å². The molecule has 0 radical (unpaired) electrons. The number of carbonyl (C=O) groups is 1. The van der Waals surface area contributed by atoms with Gasteiger partial charge in [-0.15, -0.1) is 13.2 Å². The number of fused-ring (bicyclic) bond motifs is 2. The molecule has 0 aliphatic heterocycles. The molecular weight excluding hydrogens is 657 g/mol. The number of ether oxygens (including phenoxy) is 1. The van der Waals surface area contributed by atoms with Gasteiger partial charge in [-0.05, 0) is 38.8 Å². The second-order valence-electron chi connectivity index (χ2n) is 12.0. The summed E-state index contributed by atoms with van der Waals surface area (Å²) in [4.78, 5) is 31.8. The second-order valence-corrected chi connectivity index (χ2v) is 12.0. The number of rotatable bonds is 7. The Bertz CT molecular complexity index is 2020. The molecule has 5 heterocycles. The first kappa shape index (κ1) is 35.3. The highest BCUT2D eigenvalue weighted by atomic mass is 19.4. The van der Waals surface area contributed by atoms with E-state index in [0.29, 0.717) is 28.4 Å². The Morgan fingerprint density at radius 3 is 2.31 bits per heavy atom. The maximum Gasteiger partial charge on any atom is 0.504 e. The standard InChI is InChI=1S/C26H28F3N9O5.C3H7NO2/c1-24(2,40)13-35-22(14-10-31-36(12-14)25(27,28)29)21-16(34-35)7-8-19(33-21)32-20-9-17-18(11-30-20)38(26(41,42)43)23(39)37(17)15-5-3-4-6-15;1-4-3(5)6-2/h7-12,15,40-43H,3-6,13H2,1-2H3,(H,30,32,33);1-2H3,(H,4,5). The number of methoxy groups -OCH3 is 1. The number of halogens is 3. The third kappa shape index (κ3) is 7.51. The van der Waals surface area contributed by atoms with Crippen LogP contribution in [0.1, 0.15) is 45.6 Å². The molecule has 20 heteroatoms. The zero-order valence-electron chi connectivity index (χ0n) is 26.8. The fourth-order valence-corrected chi connectivity index (χ4v) is 5.65. The number of aliphatic hydroxyl groups is 4. The summed E-state index contributed by atoms with van der Waals surface area (Å²) in [6, 6.07) is 4.47. The van der Waals surface area contributed by atoms with E-state index in [2.05, 4.69) is 35.5 Å². The first-order valence-electron chi connectivity index (χ1n) is 15.0. The number of nitrogens with one attached hydrogen (secondary N) is 2. The lowest BCUT2D eigenvalue weighted by molar-refractivity contribution is -0.374. The second kappa shape index (κ2) is 13.1. The normalized spacial score (nSPS) is 14.3. The molecule has 264 valence electrons. The molecule has 5 aromatic rings. The molecule has 1 fully saturated rings. The van der Waals surface area contributed by atoms with Gasteiger partial charge in [-0.1, -0.05) is 12.8 Å². The molecule has 0 unspecified atom stereocenters. The molecule has 5 aromatic heterocycles. The van der Waals surface area contributed by atoms with Crippen LogP contribution < -0.4 is 16.3 Å². The van der Waals surface area contributed by atoms with Crippen LogP contribution >= 0.6 is 0 Å². The smallest absolute Gasteiger partial charge is 0.453 e. The van der Waals surface area contributed by atoms with Crippen LogP contribution in [0.15, 0.2) is 41.6 Å². The van der Waals surface area contributed by atoms with Gasteiger partial charge in [0.25, 0.3) is 0 Å². The third-order valence-electron chi connectivity index (χ3n) is 7.63. The zero-order chi connectivity index (χ0) is 35.9. The van der Waals surface area contributed by atoms with E-state index in [1.165, 1.54) is 49.5 Å². The summed E-state index contributed by atoms with van der Waals surface area (Å²) in [6.07, 6.45) is -2.37. The van der Waals surface area contributed by atoms with Crippen LogP contribution in [0.2, 0.25) is 0 Å². The van der Waals surface area contributed by atoms with Gasteiger partial charge < -0.3 is 35.8 Å². The lowest BCUT2D eigenvalue weighted by atomic mass is 10.1. The van der Waals surface area contributed by atoms with Crippen LogP contribution in [0.25, 0.3) is 33.3 Å². The topological polar surface area (TPSA) is 220 Å². The Balaban J connectivity index is 0.000000717. The Hall–Kier alpha value is -5.05. The fourth-order valence-electron chi connectivity index (χ4n) is 5.65. The average molecular weight is 693 g/mol. The highest BCUT2D eigenvalue weighted by Gasteiger charge is 2.34. The maximum absolute atomic E-state index is 13.3. The van der Waals surface area contributed by atoms with E-state index in [1.54, 1.807) is 12.1 Å². The number of nitrogens with zero attached hydrogens (tertiary/aromatic N) is 8. The van der Waals surface area contributed by atoms with Gasteiger partial charge in [0, 0.05) is 30.9 Å². The zero-order valence-corrected chi connectivity index (χ0v) is 26.8. The minimum atomic E-state index is -4.74. The molecule has 6 rings (SSSR count). The quantitative estimate of drug-likeness (QED) is 0.136. The number of carbonyl (C=O) groups excluding carboxylic acids is 1. The van der Waals surface area contributed by atoms with Crippen molar-refractivity contribution in [3.8, 4) is 11.3 Å². The molecule has 1 aliphatic rings. The summed E-state index contributed by atoms with van der Waals surface area (Å²) in [5, 5.41) is 53.2. The largest absolute Gasteiger partial charge is 0.504 e. The van der Waals surface area contributed by atoms with E-state index in [-0.39, 0.29) is 51.2 Å². The summed E-state index contributed by atoms with van der Waals surface area (Å²) in [6.45, 7) is 3.03. The molecule has 0 spiro atoms. The molecule has 49 heavy (non-hydrogen) atoms. The van der Waals surface area contributed by atoms with E-state index < -0.39 is 29.8 Å². The SMILES string of the molecule is CC(C)(O)Cn1nc2ccc(Nc3cc4c(cn3)n(C(O)(O)O)c(=O)n4C3CCCC3)nc2c1-c1cnn(C(F)(F)F)c1.CNC(=O)OC. The number of imidazole rings is 1. The van der Waals surface area contributed by atoms with Crippen LogP contribution in [-0.2, 0) is 23.7 Å². The highest BCUT2D eigenvalue weighted by Crippen LogP contribution is 2.34. The molecule has 17 nitrogen and oxygen atoms in total. The molecule has 1 aliphatic carbocycles. The lowest BCUT2D eigenvalue weighted by Gasteiger charge is -2.18. The van der Waals surface area contributed by atoms with Crippen molar-refractivity contribution in [2.75, 3.05) is 19.5 Å². The average Bonchev–Trinajstić information content (AvgIpc) is 3.80. The number of amides is 1. The number of hydrogen-bond donors (Lipinski definition) is 6. The lowest BCUT2D eigenvalue weighted by Crippen LogP contribution is -2.41. The van der Waals surface area contributed by atoms with Gasteiger partial charge >= 0.3 is 24.2 Å². The Morgan fingerprint density at radius 1 is 1.06 bits per heavy atom. The van der Waals surface area contributed by atoms with E-state index in [1.807, 2.05) is 0 Å². The van der Waals surface area contributed by atoms with Gasteiger partial charge in [-0.2, -0.15) is 14.9 Å². The molecular formula is C29H35F3N10O7. The predicted molar refractivity (Wildman–Crippen MR) is 167 cm³/mol. The summed E-state index contributed by atoms with van der Waals surface area (Å²) < 4.78 is 47.2. The molecule has 0 aromatic carbocycles. The molecule has 1 saturated carbocycles. The molecule has 0 atom stereocenters. The van der Waals surface area contributed by atoms with E-state index in [4.69, 9.17) is 0 Å². The van der Waals surface area contributed by atoms with Crippen molar-refractivity contribution in [3.63, 3.8) is 0 Å². The van der Waals surface area contributed by atoms with Gasteiger partial charge in [0.1, 0.15) is 22.7 Å². The number of alkyl halides is 3. The third-order valence-corrected chi connectivity index (χ3v) is 7.63. The first-order chi connectivity index (χ1) is 22.9. The van der Waals surface area contributed by atoms with Gasteiger partial charge in [-0.3, -0.25) is 9.25 Å². The van der Waals surface area contributed by atoms with E-state index in [9.17, 15) is 43.2 Å². The van der Waals surface area contributed by atoms with Crippen LogP contribution in [-0.4, -0.2) is 84.9 Å². The Kier molecular flexibility index (Phi) is 9.43. The summed E-state index contributed by atoms with van der Waals surface area (Å²) in [5.41, 5.74) is -0.894. The highest BCUT2D eigenvalue weighted by molar-refractivity contribution is 5.91. The molecule has 0 bridgehead atoms. The van der Waals surface area contributed by atoms with Gasteiger partial charge in [0.05, 0.1) is 48.4 Å². The van der Waals surface area contributed by atoms with E-state index in [0.717, 1.165) is 25.2 Å². The van der Waals surface area contributed by atoms with Crippen LogP contribution in [0.4, 0.5) is 29.6 Å². The van der Waals surface area contributed by atoms with Crippen molar-refractivity contribution >= 4 is 39.8 Å². The van der Waals surface area contributed by atoms with Crippen LogP contribution in [0.3, 0.4) is 0 Å². The maximum atomic E-state index is 13.3. The van der Waals surface area contributed by atoms with Gasteiger partial charge in [0.2, 0.25) is 0 Å². The van der Waals surface area contributed by atoms with Crippen molar-refractivity contribution < 1.29 is 43.1 Å². The number of pyridine rings is 2. The summed E-state index contributed by atoms with van der Waals surface area (Å²) in [5.74, 6) is 0.458. The number of aromatic nitrogens is 8. The minimum Gasteiger partial charge on any atom is -0.453 e. The summed E-state index contributed by atoms with van der Waals surface area (Å²) in [7, 11) is 2.82. The fraction of sp³-hybridized carbons (Fsp3) is 0.448. The minimum absolute atomic E-state index is 0.00443. The summed E-state index contributed by atoms with van der Waals surface area (Å²) >= 11 is 0. The monoisotopic (exact) mass is 692 g/mol. The van der Waals surface area contributed by atoms with Crippen molar-refractivity contribution in [1.82, 2.24) is 44.0 Å². The first-order valence-corrected chi connectivity index (χ1v) is 15.0. The van der Waals surface area contributed by atoms with Crippen LogP contribution in [0, 0.1) is 0 Å².